The molecule has 1 aromatic heterocycles. The zero-order chi connectivity index (χ0) is 23.6. The van der Waals surface area contributed by atoms with Crippen LogP contribution in [-0.4, -0.2) is 33.9 Å². The van der Waals surface area contributed by atoms with E-state index in [-0.39, 0.29) is 16.5 Å². The lowest BCUT2D eigenvalue weighted by Gasteiger charge is -2.51. The summed E-state index contributed by atoms with van der Waals surface area (Å²) in [7, 11) is 1.26. The molecule has 1 aliphatic heterocycles. The third-order valence-corrected chi connectivity index (χ3v) is 7.82. The van der Waals surface area contributed by atoms with Crippen LogP contribution in [-0.2, 0) is 20.7 Å². The molecule has 0 amide bonds. The Morgan fingerprint density at radius 3 is 2.45 bits per heavy atom. The minimum atomic E-state index is -2.08. The van der Waals surface area contributed by atoms with Crippen LogP contribution in [0.3, 0.4) is 0 Å². The Hall–Kier alpha value is -2.45. The van der Waals surface area contributed by atoms with Crippen molar-refractivity contribution >= 4 is 33.5 Å². The number of hydrogen-bond donors (Lipinski definition) is 2. The second kappa shape index (κ2) is 7.53. The zero-order valence-electron chi connectivity index (χ0n) is 17.8. The molecular weight excluding hydrogens is 510 g/mol. The molecule has 2 N–H and O–H groups in total. The van der Waals surface area contributed by atoms with Gasteiger partial charge in [0.25, 0.3) is 0 Å². The Bertz CT molecular complexity index is 1240. The third-order valence-electron chi connectivity index (χ3n) is 7.09. The van der Waals surface area contributed by atoms with Gasteiger partial charge < -0.3 is 19.7 Å². The van der Waals surface area contributed by atoms with Crippen molar-refractivity contribution in [3.8, 4) is 5.75 Å². The van der Waals surface area contributed by atoms with Crippen LogP contribution in [0.4, 0.5) is 0 Å². The van der Waals surface area contributed by atoms with Gasteiger partial charge in [0.05, 0.1) is 7.11 Å². The number of pyridine rings is 1. The Morgan fingerprint density at radius 2 is 1.82 bits per heavy atom. The molecule has 33 heavy (non-hydrogen) atoms. The minimum absolute atomic E-state index is 0.162. The summed E-state index contributed by atoms with van der Waals surface area (Å²) in [5, 5.41) is 24.7. The van der Waals surface area contributed by atoms with Gasteiger partial charge in [0.2, 0.25) is 0 Å². The van der Waals surface area contributed by atoms with E-state index in [0.717, 1.165) is 4.47 Å². The largest absolute Gasteiger partial charge is 0.478 e. The zero-order valence-corrected chi connectivity index (χ0v) is 20.2. The van der Waals surface area contributed by atoms with Crippen LogP contribution in [0.15, 0.2) is 71.3 Å². The van der Waals surface area contributed by atoms with E-state index in [1.54, 1.807) is 0 Å². The van der Waals surface area contributed by atoms with Crippen LogP contribution in [0.25, 0.3) is 0 Å². The van der Waals surface area contributed by atoms with Gasteiger partial charge >= 0.3 is 5.97 Å². The molecule has 1 aliphatic carbocycles. The van der Waals surface area contributed by atoms with Gasteiger partial charge in [-0.15, -0.1) is 0 Å². The Morgan fingerprint density at radius 1 is 1.15 bits per heavy atom. The highest BCUT2D eigenvalue weighted by Crippen LogP contribution is 2.71. The summed E-state index contributed by atoms with van der Waals surface area (Å²) in [6, 6.07) is 18.0. The summed E-state index contributed by atoms with van der Waals surface area (Å²) in [6.07, 6.45) is 1.35. The first-order chi connectivity index (χ1) is 15.7. The fraction of sp³-hybridized carbons (Fsp3) is 0.280. The average Bonchev–Trinajstić information content (AvgIpc) is 2.89. The van der Waals surface area contributed by atoms with Crippen molar-refractivity contribution in [3.63, 3.8) is 0 Å². The minimum Gasteiger partial charge on any atom is -0.478 e. The highest BCUT2D eigenvalue weighted by molar-refractivity contribution is 9.10. The molecule has 2 bridgehead atoms. The van der Waals surface area contributed by atoms with Gasteiger partial charge in [-0.05, 0) is 30.2 Å². The molecule has 1 fully saturated rings. The topological polar surface area (TPSA) is 88.9 Å². The van der Waals surface area contributed by atoms with Crippen LogP contribution in [0.5, 0.6) is 5.75 Å². The standard InChI is InChI=1S/C25H21BrClNO5/c1-23(30)24(31)17-13-28-19(27)12-18(17)33-25(23,15-8-10-16(26)11-9-15)20(21(24)22(29)32-2)14-6-4-3-5-7-14/h3-13,20-21,30-31H,1-2H3/t20?,21-,23-,24-,25+/m0/s1. The van der Waals surface area contributed by atoms with Crippen LogP contribution in [0.2, 0.25) is 5.15 Å². The first-order valence-electron chi connectivity index (χ1n) is 10.4. The lowest BCUT2D eigenvalue weighted by Crippen LogP contribution is -2.63. The number of hydrogen-bond acceptors (Lipinski definition) is 6. The van der Waals surface area contributed by atoms with E-state index in [4.69, 9.17) is 21.1 Å². The van der Waals surface area contributed by atoms with E-state index < -0.39 is 34.6 Å². The highest BCUT2D eigenvalue weighted by Gasteiger charge is 2.81. The van der Waals surface area contributed by atoms with Crippen molar-refractivity contribution in [1.29, 1.82) is 0 Å². The maximum Gasteiger partial charge on any atom is 0.312 e. The number of aromatic nitrogens is 1. The van der Waals surface area contributed by atoms with E-state index in [9.17, 15) is 15.0 Å². The number of benzene rings is 2. The average molecular weight is 531 g/mol. The van der Waals surface area contributed by atoms with Gasteiger partial charge in [-0.1, -0.05) is 70.0 Å². The van der Waals surface area contributed by atoms with Gasteiger partial charge in [-0.2, -0.15) is 0 Å². The van der Waals surface area contributed by atoms with Crippen LogP contribution in [0, 0.1) is 5.92 Å². The fourth-order valence-electron chi connectivity index (χ4n) is 5.65. The molecule has 8 heteroatoms. The molecule has 0 saturated heterocycles. The Labute approximate surface area is 204 Å². The fourth-order valence-corrected chi connectivity index (χ4v) is 6.06. The number of ether oxygens (including phenoxy) is 2. The first-order valence-corrected chi connectivity index (χ1v) is 11.5. The maximum absolute atomic E-state index is 13.3. The van der Waals surface area contributed by atoms with E-state index in [1.165, 1.54) is 26.3 Å². The predicted octanol–water partition coefficient (Wildman–Crippen LogP) is 4.31. The normalized spacial score (nSPS) is 32.1. The van der Waals surface area contributed by atoms with Crippen molar-refractivity contribution in [2.24, 2.45) is 5.92 Å². The molecule has 1 unspecified atom stereocenters. The number of carbonyl (C=O) groups is 1. The number of aliphatic hydroxyl groups is 2. The number of carbonyl (C=O) groups excluding carboxylic acids is 1. The smallest absolute Gasteiger partial charge is 0.312 e. The van der Waals surface area contributed by atoms with Crippen molar-refractivity contribution < 1.29 is 24.5 Å². The van der Waals surface area contributed by atoms with E-state index >= 15 is 0 Å². The summed E-state index contributed by atoms with van der Waals surface area (Å²) in [4.78, 5) is 17.4. The van der Waals surface area contributed by atoms with Crippen molar-refractivity contribution in [2.45, 2.75) is 29.6 Å². The molecule has 170 valence electrons. The van der Waals surface area contributed by atoms with Gasteiger partial charge in [-0.25, -0.2) is 4.98 Å². The third kappa shape index (κ3) is 2.80. The van der Waals surface area contributed by atoms with E-state index in [1.807, 2.05) is 54.6 Å². The SMILES string of the molecule is COC(=O)[C@@H]1C(c2ccccc2)[C@@]2(c3ccc(Br)cc3)Oc3cc(Cl)ncc3[C@@]1(O)[C@]2(C)O. The van der Waals surface area contributed by atoms with Gasteiger partial charge in [0, 0.05) is 28.2 Å². The van der Waals surface area contributed by atoms with Gasteiger partial charge in [0.1, 0.15) is 28.0 Å². The number of methoxy groups -OCH3 is 1. The quantitative estimate of drug-likeness (QED) is 0.388. The highest BCUT2D eigenvalue weighted by atomic mass is 79.9. The van der Waals surface area contributed by atoms with E-state index in [2.05, 4.69) is 20.9 Å². The summed E-state index contributed by atoms with van der Waals surface area (Å²) < 4.78 is 12.6. The molecular formula is C25H21BrClNO5. The molecule has 2 heterocycles. The number of rotatable bonds is 3. The molecule has 0 radical (unpaired) electrons. The number of fused-ring (bicyclic) bond motifs is 4. The molecule has 3 aromatic rings. The maximum atomic E-state index is 13.3. The van der Waals surface area contributed by atoms with Crippen LogP contribution < -0.4 is 4.74 Å². The molecule has 2 aromatic carbocycles. The summed E-state index contributed by atoms with van der Waals surface area (Å²) >= 11 is 9.62. The van der Waals surface area contributed by atoms with Gasteiger partial charge in [0.15, 0.2) is 5.60 Å². The molecule has 2 aliphatic rings. The lowest BCUT2D eigenvalue weighted by molar-refractivity contribution is -0.225. The molecule has 5 atom stereocenters. The predicted molar refractivity (Wildman–Crippen MR) is 125 cm³/mol. The van der Waals surface area contributed by atoms with Crippen molar-refractivity contribution in [2.75, 3.05) is 7.11 Å². The van der Waals surface area contributed by atoms with Crippen molar-refractivity contribution in [3.05, 3.63) is 93.2 Å². The Balaban J connectivity index is 1.93. The lowest BCUT2D eigenvalue weighted by atomic mass is 9.68. The molecule has 5 rings (SSSR count). The molecule has 6 nitrogen and oxygen atoms in total. The first kappa shape index (κ1) is 22.3. The van der Waals surface area contributed by atoms with Crippen LogP contribution >= 0.6 is 27.5 Å². The van der Waals surface area contributed by atoms with E-state index in [0.29, 0.717) is 11.1 Å². The summed E-state index contributed by atoms with van der Waals surface area (Å²) in [5.74, 6) is -2.43. The number of halogens is 2. The summed E-state index contributed by atoms with van der Waals surface area (Å²) in [6.45, 7) is 1.49. The Kier molecular flexibility index (Phi) is 5.10. The van der Waals surface area contributed by atoms with Gasteiger partial charge in [-0.3, -0.25) is 4.79 Å². The monoisotopic (exact) mass is 529 g/mol. The second-order valence-electron chi connectivity index (χ2n) is 8.58. The molecule has 1 saturated carbocycles. The van der Waals surface area contributed by atoms with Crippen molar-refractivity contribution in [1.82, 2.24) is 4.98 Å². The van der Waals surface area contributed by atoms with Crippen LogP contribution in [0.1, 0.15) is 29.5 Å². The molecule has 0 spiro atoms. The number of nitrogens with zero attached hydrogens (tertiary/aromatic N) is 1. The second-order valence-corrected chi connectivity index (χ2v) is 9.88. The summed E-state index contributed by atoms with van der Waals surface area (Å²) in [5.41, 5.74) is -4.13. The number of esters is 1.